The fourth-order valence-corrected chi connectivity index (χ4v) is 4.53. The van der Waals surface area contributed by atoms with Crippen LogP contribution in [-0.2, 0) is 27.3 Å². The lowest BCUT2D eigenvalue weighted by molar-refractivity contribution is -0.174. The van der Waals surface area contributed by atoms with Gasteiger partial charge < -0.3 is 19.3 Å². The van der Waals surface area contributed by atoms with Gasteiger partial charge in [0.1, 0.15) is 5.76 Å². The number of aromatic carboxylic acids is 1. The number of ether oxygens (including phenoxy) is 1. The minimum Gasteiger partial charge on any atom is -0.476 e. The molecule has 2 bridgehead atoms. The molecule has 8 nitrogen and oxygen atoms in total. The normalized spacial score (nSPS) is 32.4. The number of carboxylic acid groups (broad SMARTS) is 1. The van der Waals surface area contributed by atoms with E-state index < -0.39 is 22.4 Å². The first-order chi connectivity index (χ1) is 11.6. The molecule has 8 heteroatoms. The van der Waals surface area contributed by atoms with Crippen LogP contribution in [0.25, 0.3) is 0 Å². The fraction of sp³-hybridized carbons (Fsp3) is 0.647. The van der Waals surface area contributed by atoms with Crippen LogP contribution in [-0.4, -0.2) is 45.2 Å². The van der Waals surface area contributed by atoms with Gasteiger partial charge in [-0.2, -0.15) is 0 Å². The summed E-state index contributed by atoms with van der Waals surface area (Å²) in [7, 11) is 0. The minimum absolute atomic E-state index is 0.103. The summed E-state index contributed by atoms with van der Waals surface area (Å²) in [6.07, 6.45) is 1.49. The number of hydrogen-bond donors (Lipinski definition) is 1. The minimum atomic E-state index is -1.18. The Kier molecular flexibility index (Phi) is 2.97. The second kappa shape index (κ2) is 4.62. The Morgan fingerprint density at radius 1 is 1.24 bits per heavy atom. The zero-order valence-corrected chi connectivity index (χ0v) is 14.4. The van der Waals surface area contributed by atoms with Gasteiger partial charge in [0.15, 0.2) is 11.3 Å². The van der Waals surface area contributed by atoms with Crippen molar-refractivity contribution in [1.82, 2.24) is 10.1 Å². The van der Waals surface area contributed by atoms with Crippen LogP contribution in [0.5, 0.6) is 0 Å². The maximum atomic E-state index is 13.3. The molecule has 1 amide bonds. The van der Waals surface area contributed by atoms with E-state index in [1.165, 1.54) is 0 Å². The summed E-state index contributed by atoms with van der Waals surface area (Å²) in [6, 6.07) is 0. The van der Waals surface area contributed by atoms with Crippen LogP contribution in [0.2, 0.25) is 0 Å². The van der Waals surface area contributed by atoms with Gasteiger partial charge in [0, 0.05) is 23.9 Å². The van der Waals surface area contributed by atoms with Crippen LogP contribution >= 0.6 is 0 Å². The molecule has 1 saturated heterocycles. The van der Waals surface area contributed by atoms with Crippen molar-refractivity contribution in [3.8, 4) is 0 Å². The van der Waals surface area contributed by atoms with E-state index in [1.54, 1.807) is 4.90 Å². The van der Waals surface area contributed by atoms with E-state index in [-0.39, 0.29) is 24.1 Å². The number of carboxylic acids is 1. The first-order valence-electron chi connectivity index (χ1n) is 8.37. The van der Waals surface area contributed by atoms with Crippen LogP contribution in [0, 0.1) is 10.8 Å². The number of carbonyl (C=O) groups excluding carboxylic acids is 2. The first-order valence-corrected chi connectivity index (χ1v) is 8.37. The topological polar surface area (TPSA) is 110 Å². The van der Waals surface area contributed by atoms with E-state index in [1.807, 2.05) is 20.8 Å². The number of carbonyl (C=O) groups is 3. The SMILES string of the molecule is CC12CCC(C(=O)N3CCc4onc(C(=O)O)c4C3)(OC1=O)C2(C)C. The molecule has 134 valence electrons. The lowest BCUT2D eigenvalue weighted by Gasteiger charge is -2.39. The van der Waals surface area contributed by atoms with Crippen molar-refractivity contribution in [3.05, 3.63) is 17.0 Å². The van der Waals surface area contributed by atoms with Gasteiger partial charge >= 0.3 is 11.9 Å². The number of aromatic nitrogens is 1. The molecule has 1 aromatic heterocycles. The quantitative estimate of drug-likeness (QED) is 0.804. The van der Waals surface area contributed by atoms with Gasteiger partial charge in [-0.25, -0.2) is 4.79 Å². The van der Waals surface area contributed by atoms with Crippen LogP contribution in [0.1, 0.15) is 55.4 Å². The molecular formula is C17H20N2O6. The Hall–Kier alpha value is -2.38. The van der Waals surface area contributed by atoms with Gasteiger partial charge in [-0.15, -0.1) is 0 Å². The summed E-state index contributed by atoms with van der Waals surface area (Å²) in [6.45, 7) is 6.15. The zero-order chi connectivity index (χ0) is 18.2. The van der Waals surface area contributed by atoms with Gasteiger partial charge in [-0.1, -0.05) is 19.0 Å². The van der Waals surface area contributed by atoms with E-state index in [0.717, 1.165) is 0 Å². The number of rotatable bonds is 2. The van der Waals surface area contributed by atoms with Crippen LogP contribution in [0.4, 0.5) is 0 Å². The predicted octanol–water partition coefficient (Wildman–Crippen LogP) is 1.38. The highest BCUT2D eigenvalue weighted by molar-refractivity contribution is 5.96. The molecule has 2 atom stereocenters. The average Bonchev–Trinajstić information content (AvgIpc) is 3.11. The summed E-state index contributed by atoms with van der Waals surface area (Å²) >= 11 is 0. The van der Waals surface area contributed by atoms with E-state index in [2.05, 4.69) is 5.16 Å². The number of esters is 1. The molecule has 4 rings (SSSR count). The Bertz CT molecular complexity index is 812. The van der Waals surface area contributed by atoms with Crippen molar-refractivity contribution in [2.45, 2.75) is 52.2 Å². The molecule has 0 spiro atoms. The van der Waals surface area contributed by atoms with Crippen molar-refractivity contribution < 1.29 is 28.8 Å². The maximum absolute atomic E-state index is 13.3. The first kappa shape index (κ1) is 16.1. The van der Waals surface area contributed by atoms with Gasteiger partial charge in [-0.05, 0) is 19.8 Å². The lowest BCUT2D eigenvalue weighted by Crippen LogP contribution is -2.55. The molecule has 3 heterocycles. The highest BCUT2D eigenvalue weighted by atomic mass is 16.6. The number of hydrogen-bond acceptors (Lipinski definition) is 6. The van der Waals surface area contributed by atoms with Crippen molar-refractivity contribution in [1.29, 1.82) is 0 Å². The Morgan fingerprint density at radius 2 is 1.96 bits per heavy atom. The van der Waals surface area contributed by atoms with E-state index in [9.17, 15) is 19.5 Å². The molecule has 0 aromatic carbocycles. The van der Waals surface area contributed by atoms with Crippen molar-refractivity contribution >= 4 is 17.8 Å². The van der Waals surface area contributed by atoms with Crippen molar-refractivity contribution in [3.63, 3.8) is 0 Å². The Labute approximate surface area is 144 Å². The highest BCUT2D eigenvalue weighted by Gasteiger charge is 2.76. The third kappa shape index (κ3) is 1.72. The molecule has 2 fully saturated rings. The number of nitrogens with zero attached hydrogens (tertiary/aromatic N) is 2. The Morgan fingerprint density at radius 3 is 2.52 bits per heavy atom. The summed E-state index contributed by atoms with van der Waals surface area (Å²) in [5.74, 6) is -1.27. The largest absolute Gasteiger partial charge is 0.476 e. The fourth-order valence-electron chi connectivity index (χ4n) is 4.53. The molecule has 2 unspecified atom stereocenters. The van der Waals surface area contributed by atoms with Crippen LogP contribution in [0.15, 0.2) is 4.52 Å². The molecule has 2 aliphatic heterocycles. The molecule has 25 heavy (non-hydrogen) atoms. The average molecular weight is 348 g/mol. The molecule has 1 aliphatic carbocycles. The van der Waals surface area contributed by atoms with Crippen LogP contribution < -0.4 is 0 Å². The Balaban J connectivity index is 1.68. The maximum Gasteiger partial charge on any atom is 0.358 e. The second-order valence-corrected chi connectivity index (χ2v) is 7.89. The third-order valence-electron chi connectivity index (χ3n) is 6.75. The molecule has 1 saturated carbocycles. The summed E-state index contributed by atoms with van der Waals surface area (Å²) < 4.78 is 10.7. The standard InChI is InChI=1S/C17H20N2O6/c1-15(2)16(3)5-6-17(15,24-14(16)23)13(22)19-7-4-10-9(8-19)11(12(20)21)18-25-10/h4-8H2,1-3H3,(H,20,21). The van der Waals surface area contributed by atoms with Gasteiger partial charge in [0.25, 0.3) is 5.91 Å². The molecule has 0 radical (unpaired) electrons. The summed E-state index contributed by atoms with van der Waals surface area (Å²) in [4.78, 5) is 38.6. The highest BCUT2D eigenvalue weighted by Crippen LogP contribution is 2.66. The summed E-state index contributed by atoms with van der Waals surface area (Å²) in [5.41, 5.74) is -2.22. The smallest absolute Gasteiger partial charge is 0.358 e. The third-order valence-corrected chi connectivity index (χ3v) is 6.75. The molecule has 1 aromatic rings. The zero-order valence-electron chi connectivity index (χ0n) is 14.4. The van der Waals surface area contributed by atoms with E-state index in [0.29, 0.717) is 37.1 Å². The second-order valence-electron chi connectivity index (χ2n) is 7.89. The number of amides is 1. The van der Waals surface area contributed by atoms with Gasteiger partial charge in [0.2, 0.25) is 0 Å². The van der Waals surface area contributed by atoms with Crippen LogP contribution in [0.3, 0.4) is 0 Å². The lowest BCUT2D eigenvalue weighted by atomic mass is 9.66. The van der Waals surface area contributed by atoms with E-state index in [4.69, 9.17) is 9.26 Å². The predicted molar refractivity (Wildman–Crippen MR) is 82.5 cm³/mol. The van der Waals surface area contributed by atoms with Gasteiger partial charge in [0.05, 0.1) is 12.0 Å². The number of fused-ring (bicyclic) bond motifs is 3. The van der Waals surface area contributed by atoms with Gasteiger partial charge in [-0.3, -0.25) is 9.59 Å². The van der Waals surface area contributed by atoms with Crippen molar-refractivity contribution in [2.75, 3.05) is 6.54 Å². The monoisotopic (exact) mass is 348 g/mol. The van der Waals surface area contributed by atoms with Crippen molar-refractivity contribution in [2.24, 2.45) is 10.8 Å². The molecular weight excluding hydrogens is 328 g/mol. The molecule has 3 aliphatic rings. The summed E-state index contributed by atoms with van der Waals surface area (Å²) in [5, 5.41) is 12.8. The van der Waals surface area contributed by atoms with E-state index >= 15 is 0 Å². The molecule has 1 N–H and O–H groups in total.